The molecule has 0 aliphatic heterocycles. The van der Waals surface area contributed by atoms with E-state index in [2.05, 4.69) is 15.4 Å². The summed E-state index contributed by atoms with van der Waals surface area (Å²) in [4.78, 5) is 16.7. The quantitative estimate of drug-likeness (QED) is 0.561. The first-order chi connectivity index (χ1) is 14.6. The Balaban J connectivity index is 1.83. The van der Waals surface area contributed by atoms with E-state index in [0.717, 1.165) is 12.3 Å². The standard InChI is InChI=1S/C22H22F4N4O/c1-13(2)20-17(21(31)29-14(3)10-15-6-4-5-7-18(15)23)12-28-30(20)19-9-8-16(11-27-19)22(24,25)26/h4-9,11-14H,10H2,1-3H3,(H,29,31). The van der Waals surface area contributed by atoms with Crippen molar-refractivity contribution in [1.29, 1.82) is 0 Å². The minimum atomic E-state index is -4.49. The van der Waals surface area contributed by atoms with Crippen LogP contribution in [0.4, 0.5) is 17.6 Å². The van der Waals surface area contributed by atoms with E-state index in [9.17, 15) is 22.4 Å². The summed E-state index contributed by atoms with van der Waals surface area (Å²) in [6.45, 7) is 5.45. The van der Waals surface area contributed by atoms with Gasteiger partial charge in [0.1, 0.15) is 5.82 Å². The molecule has 1 N–H and O–H groups in total. The van der Waals surface area contributed by atoms with Gasteiger partial charge in [0.25, 0.3) is 5.91 Å². The van der Waals surface area contributed by atoms with Crippen molar-refractivity contribution in [2.75, 3.05) is 0 Å². The average Bonchev–Trinajstić information content (AvgIpc) is 3.15. The Hall–Kier alpha value is -3.23. The molecule has 0 radical (unpaired) electrons. The van der Waals surface area contributed by atoms with Gasteiger partial charge in [-0.15, -0.1) is 0 Å². The van der Waals surface area contributed by atoms with E-state index >= 15 is 0 Å². The molecule has 3 rings (SSSR count). The smallest absolute Gasteiger partial charge is 0.349 e. The topological polar surface area (TPSA) is 59.8 Å². The number of carbonyl (C=O) groups is 1. The summed E-state index contributed by atoms with van der Waals surface area (Å²) >= 11 is 0. The van der Waals surface area contributed by atoms with Crippen LogP contribution < -0.4 is 5.32 Å². The van der Waals surface area contributed by atoms with Crippen molar-refractivity contribution >= 4 is 5.91 Å². The van der Waals surface area contributed by atoms with Gasteiger partial charge in [0.15, 0.2) is 5.82 Å². The minimum Gasteiger partial charge on any atom is -0.349 e. The molecule has 1 amide bonds. The Morgan fingerprint density at radius 2 is 1.81 bits per heavy atom. The largest absolute Gasteiger partial charge is 0.417 e. The van der Waals surface area contributed by atoms with E-state index < -0.39 is 17.6 Å². The number of amides is 1. The van der Waals surface area contributed by atoms with E-state index in [0.29, 0.717) is 17.7 Å². The molecule has 3 aromatic rings. The normalized spacial score (nSPS) is 12.8. The Kier molecular flexibility index (Phi) is 6.42. The number of benzene rings is 1. The highest BCUT2D eigenvalue weighted by Crippen LogP contribution is 2.29. The third-order valence-corrected chi connectivity index (χ3v) is 4.75. The van der Waals surface area contributed by atoms with Crippen LogP contribution in [0.25, 0.3) is 5.82 Å². The van der Waals surface area contributed by atoms with E-state index in [1.165, 1.54) is 23.0 Å². The second kappa shape index (κ2) is 8.87. The molecule has 1 unspecified atom stereocenters. The monoisotopic (exact) mass is 434 g/mol. The molecule has 5 nitrogen and oxygen atoms in total. The first-order valence-corrected chi connectivity index (χ1v) is 9.73. The number of rotatable bonds is 6. The number of alkyl halides is 3. The van der Waals surface area contributed by atoms with Gasteiger partial charge in [-0.05, 0) is 43.0 Å². The van der Waals surface area contributed by atoms with Crippen LogP contribution in [0.5, 0.6) is 0 Å². The molecule has 0 bridgehead atoms. The van der Waals surface area contributed by atoms with Crippen molar-refractivity contribution in [2.45, 2.75) is 45.3 Å². The van der Waals surface area contributed by atoms with Crippen LogP contribution in [0.1, 0.15) is 53.9 Å². The van der Waals surface area contributed by atoms with E-state index in [-0.39, 0.29) is 29.2 Å². The molecule has 164 valence electrons. The Bertz CT molecular complexity index is 1060. The second-order valence-corrected chi connectivity index (χ2v) is 7.58. The van der Waals surface area contributed by atoms with Gasteiger partial charge in [0.05, 0.1) is 23.0 Å². The van der Waals surface area contributed by atoms with Crippen LogP contribution in [0.15, 0.2) is 48.8 Å². The lowest BCUT2D eigenvalue weighted by molar-refractivity contribution is -0.137. The maximum absolute atomic E-state index is 13.9. The van der Waals surface area contributed by atoms with Crippen molar-refractivity contribution in [1.82, 2.24) is 20.1 Å². The maximum atomic E-state index is 13.9. The van der Waals surface area contributed by atoms with E-state index in [4.69, 9.17) is 0 Å². The molecule has 1 aromatic carbocycles. The average molecular weight is 434 g/mol. The molecular weight excluding hydrogens is 412 g/mol. The third kappa shape index (κ3) is 5.10. The fourth-order valence-corrected chi connectivity index (χ4v) is 3.30. The summed E-state index contributed by atoms with van der Waals surface area (Å²) in [5.74, 6) is -0.720. The molecule has 0 aliphatic carbocycles. The number of pyridine rings is 1. The number of halogens is 4. The van der Waals surface area contributed by atoms with Gasteiger partial charge in [-0.3, -0.25) is 4.79 Å². The number of nitrogens with zero attached hydrogens (tertiary/aromatic N) is 3. The molecular formula is C22H22F4N4O. The zero-order valence-corrected chi connectivity index (χ0v) is 17.2. The number of carbonyl (C=O) groups excluding carboxylic acids is 1. The maximum Gasteiger partial charge on any atom is 0.417 e. The molecule has 1 atom stereocenters. The van der Waals surface area contributed by atoms with Gasteiger partial charge < -0.3 is 5.32 Å². The lowest BCUT2D eigenvalue weighted by atomic mass is 10.0. The number of aromatic nitrogens is 3. The first-order valence-electron chi connectivity index (χ1n) is 9.73. The zero-order chi connectivity index (χ0) is 22.8. The summed E-state index contributed by atoms with van der Waals surface area (Å²) in [6, 6.07) is 8.13. The Labute approximate surface area is 177 Å². The lowest BCUT2D eigenvalue weighted by Gasteiger charge is -2.16. The fourth-order valence-electron chi connectivity index (χ4n) is 3.30. The van der Waals surface area contributed by atoms with Crippen LogP contribution in [0.2, 0.25) is 0 Å². The minimum absolute atomic E-state index is 0.158. The number of nitrogens with one attached hydrogen (secondary N) is 1. The zero-order valence-electron chi connectivity index (χ0n) is 17.2. The fraction of sp³-hybridized carbons (Fsp3) is 0.318. The summed E-state index contributed by atoms with van der Waals surface area (Å²) < 4.78 is 53.6. The van der Waals surface area contributed by atoms with Crippen LogP contribution >= 0.6 is 0 Å². The summed E-state index contributed by atoms with van der Waals surface area (Å²) in [7, 11) is 0. The van der Waals surface area contributed by atoms with Gasteiger partial charge in [0.2, 0.25) is 0 Å². The summed E-state index contributed by atoms with van der Waals surface area (Å²) in [6.07, 6.45) is -2.09. The first kappa shape index (κ1) is 22.5. The SMILES string of the molecule is CC(Cc1ccccc1F)NC(=O)c1cnn(-c2ccc(C(F)(F)F)cn2)c1C(C)C. The molecule has 2 heterocycles. The van der Waals surface area contributed by atoms with Crippen molar-refractivity contribution in [3.05, 3.63) is 77.0 Å². The molecule has 0 saturated carbocycles. The molecule has 31 heavy (non-hydrogen) atoms. The van der Waals surface area contributed by atoms with Crippen molar-refractivity contribution < 1.29 is 22.4 Å². The van der Waals surface area contributed by atoms with E-state index in [1.807, 2.05) is 13.8 Å². The number of hydrogen-bond acceptors (Lipinski definition) is 3. The molecule has 9 heteroatoms. The molecule has 0 saturated heterocycles. The second-order valence-electron chi connectivity index (χ2n) is 7.58. The van der Waals surface area contributed by atoms with Crippen molar-refractivity contribution in [3.63, 3.8) is 0 Å². The molecule has 0 fully saturated rings. The van der Waals surface area contributed by atoms with Crippen molar-refractivity contribution in [2.24, 2.45) is 0 Å². The van der Waals surface area contributed by atoms with Crippen LogP contribution in [-0.2, 0) is 12.6 Å². The highest BCUT2D eigenvalue weighted by Gasteiger charge is 2.31. The van der Waals surface area contributed by atoms with Gasteiger partial charge in [-0.25, -0.2) is 14.1 Å². The van der Waals surface area contributed by atoms with Crippen molar-refractivity contribution in [3.8, 4) is 5.82 Å². The van der Waals surface area contributed by atoms with Crippen LogP contribution in [-0.4, -0.2) is 26.7 Å². The predicted octanol–water partition coefficient (Wildman–Crippen LogP) is 4.91. The predicted molar refractivity (Wildman–Crippen MR) is 107 cm³/mol. The Morgan fingerprint density at radius 1 is 1.10 bits per heavy atom. The molecule has 2 aromatic heterocycles. The number of hydrogen-bond donors (Lipinski definition) is 1. The van der Waals surface area contributed by atoms with Gasteiger partial charge >= 0.3 is 6.18 Å². The lowest BCUT2D eigenvalue weighted by Crippen LogP contribution is -2.34. The summed E-state index contributed by atoms with van der Waals surface area (Å²) in [5, 5.41) is 7.01. The van der Waals surface area contributed by atoms with Gasteiger partial charge in [-0.1, -0.05) is 32.0 Å². The highest BCUT2D eigenvalue weighted by molar-refractivity contribution is 5.95. The summed E-state index contributed by atoms with van der Waals surface area (Å²) in [5.41, 5.74) is 0.429. The third-order valence-electron chi connectivity index (χ3n) is 4.75. The van der Waals surface area contributed by atoms with Gasteiger partial charge in [0, 0.05) is 12.2 Å². The van der Waals surface area contributed by atoms with E-state index in [1.54, 1.807) is 25.1 Å². The Morgan fingerprint density at radius 3 is 2.39 bits per heavy atom. The highest BCUT2D eigenvalue weighted by atomic mass is 19.4. The van der Waals surface area contributed by atoms with Crippen LogP contribution in [0.3, 0.4) is 0 Å². The molecule has 0 aliphatic rings. The molecule has 0 spiro atoms. The van der Waals surface area contributed by atoms with Gasteiger partial charge in [-0.2, -0.15) is 18.3 Å². The van der Waals surface area contributed by atoms with Crippen LogP contribution in [0, 0.1) is 5.82 Å².